The maximum absolute atomic E-state index is 12.0. The molecule has 0 aliphatic carbocycles. The van der Waals surface area contributed by atoms with Gasteiger partial charge in [0.2, 0.25) is 15.9 Å². The average molecular weight is 346 g/mol. The number of aromatic nitrogens is 1. The number of nitrogen functional groups attached to an aromatic ring is 1. The summed E-state index contributed by atoms with van der Waals surface area (Å²) < 4.78 is 32.2. The van der Waals surface area contributed by atoms with Gasteiger partial charge in [0.15, 0.2) is 0 Å². The van der Waals surface area contributed by atoms with E-state index in [1.54, 1.807) is 6.92 Å². The van der Waals surface area contributed by atoms with E-state index in [1.165, 1.54) is 24.4 Å². The molecule has 1 aromatic heterocycles. The Morgan fingerprint density at radius 1 is 1.47 bits per heavy atom. The van der Waals surface area contributed by atoms with E-state index in [9.17, 15) is 8.42 Å². The van der Waals surface area contributed by atoms with E-state index >= 15 is 0 Å². The second-order valence-corrected chi connectivity index (χ2v) is 6.49. The molecule has 1 heterocycles. The largest absolute Gasteiger partial charge is 0.445 e. The van der Waals surface area contributed by atoms with Gasteiger partial charge in [0, 0.05) is 10.2 Å². The molecule has 8 heteroatoms. The number of nitrogens with two attached hydrogens (primary N) is 1. The van der Waals surface area contributed by atoms with E-state index in [1.807, 2.05) is 0 Å². The molecule has 0 unspecified atom stereocenters. The van der Waals surface area contributed by atoms with Crippen LogP contribution in [0.3, 0.4) is 0 Å². The standard InChI is InChI=1S/C11H12BrN3O3S/c1-7-5-14-11(18-7)6-15-19(16,17)8-2-3-10(13)9(12)4-8/h2-5,15H,6,13H2,1H3. The van der Waals surface area contributed by atoms with Crippen molar-refractivity contribution in [2.75, 3.05) is 5.73 Å². The molecule has 0 radical (unpaired) electrons. The van der Waals surface area contributed by atoms with Gasteiger partial charge in [-0.1, -0.05) is 0 Å². The van der Waals surface area contributed by atoms with E-state index < -0.39 is 10.0 Å². The first-order valence-corrected chi connectivity index (χ1v) is 7.62. The highest BCUT2D eigenvalue weighted by molar-refractivity contribution is 9.10. The molecule has 0 spiro atoms. The number of nitrogens with zero attached hydrogens (tertiary/aromatic N) is 1. The van der Waals surface area contributed by atoms with Crippen LogP contribution in [0.2, 0.25) is 0 Å². The van der Waals surface area contributed by atoms with Crippen molar-refractivity contribution in [3.05, 3.63) is 40.5 Å². The monoisotopic (exact) mass is 345 g/mol. The molecule has 3 N–H and O–H groups in total. The van der Waals surface area contributed by atoms with Gasteiger partial charge in [-0.05, 0) is 41.1 Å². The first kappa shape index (κ1) is 14.0. The molecule has 0 fully saturated rings. The Balaban J connectivity index is 2.16. The Kier molecular flexibility index (Phi) is 3.93. The number of sulfonamides is 1. The van der Waals surface area contributed by atoms with Gasteiger partial charge in [-0.15, -0.1) is 0 Å². The number of anilines is 1. The fraction of sp³-hybridized carbons (Fsp3) is 0.182. The first-order valence-electron chi connectivity index (χ1n) is 5.34. The number of rotatable bonds is 4. The molecule has 1 aromatic carbocycles. The normalized spacial score (nSPS) is 11.7. The van der Waals surface area contributed by atoms with Crippen molar-refractivity contribution in [1.82, 2.24) is 9.71 Å². The lowest BCUT2D eigenvalue weighted by Crippen LogP contribution is -2.23. The second kappa shape index (κ2) is 5.32. The number of nitrogens with one attached hydrogen (secondary N) is 1. The molecule has 0 aliphatic rings. The quantitative estimate of drug-likeness (QED) is 0.823. The van der Waals surface area contributed by atoms with Gasteiger partial charge >= 0.3 is 0 Å². The highest BCUT2D eigenvalue weighted by atomic mass is 79.9. The van der Waals surface area contributed by atoms with Crippen LogP contribution in [0.15, 0.2) is 38.2 Å². The van der Waals surface area contributed by atoms with Crippen LogP contribution >= 0.6 is 15.9 Å². The Bertz CT molecular complexity index is 697. The minimum absolute atomic E-state index is 0.00182. The third kappa shape index (κ3) is 3.34. The maximum atomic E-state index is 12.0. The fourth-order valence-electron chi connectivity index (χ4n) is 1.40. The van der Waals surface area contributed by atoms with Gasteiger partial charge in [-0.25, -0.2) is 18.1 Å². The Labute approximate surface area is 119 Å². The molecule has 0 saturated carbocycles. The van der Waals surface area contributed by atoms with Crippen molar-refractivity contribution in [2.24, 2.45) is 0 Å². The zero-order valence-electron chi connectivity index (χ0n) is 10.1. The highest BCUT2D eigenvalue weighted by Crippen LogP contribution is 2.23. The SMILES string of the molecule is Cc1cnc(CNS(=O)(=O)c2ccc(N)c(Br)c2)o1. The lowest BCUT2D eigenvalue weighted by atomic mass is 10.3. The number of hydrogen-bond donors (Lipinski definition) is 2. The molecule has 0 atom stereocenters. The van der Waals surface area contributed by atoms with Gasteiger partial charge in [0.25, 0.3) is 0 Å². The van der Waals surface area contributed by atoms with Crippen LogP contribution < -0.4 is 10.5 Å². The van der Waals surface area contributed by atoms with Crippen LogP contribution in [-0.2, 0) is 16.6 Å². The minimum Gasteiger partial charge on any atom is -0.445 e. The number of benzene rings is 1. The predicted octanol–water partition coefficient (Wildman–Crippen LogP) is 1.81. The molecule has 2 rings (SSSR count). The summed E-state index contributed by atoms with van der Waals surface area (Å²) in [7, 11) is -3.62. The van der Waals surface area contributed by atoms with Gasteiger partial charge in [0.1, 0.15) is 5.76 Å². The molecular weight excluding hydrogens is 334 g/mol. The molecule has 2 aromatic rings. The number of aryl methyl sites for hydroxylation is 1. The van der Waals surface area contributed by atoms with E-state index in [0.717, 1.165) is 0 Å². The van der Waals surface area contributed by atoms with Crippen molar-refractivity contribution in [3.8, 4) is 0 Å². The van der Waals surface area contributed by atoms with Crippen molar-refractivity contribution in [1.29, 1.82) is 0 Å². The Morgan fingerprint density at radius 3 is 2.79 bits per heavy atom. The Morgan fingerprint density at radius 2 is 2.21 bits per heavy atom. The summed E-state index contributed by atoms with van der Waals surface area (Å²) in [5.74, 6) is 0.944. The van der Waals surface area contributed by atoms with E-state index in [0.29, 0.717) is 21.8 Å². The fourth-order valence-corrected chi connectivity index (χ4v) is 2.93. The van der Waals surface area contributed by atoms with Crippen molar-refractivity contribution in [3.63, 3.8) is 0 Å². The van der Waals surface area contributed by atoms with Gasteiger partial charge in [0.05, 0.1) is 17.6 Å². The second-order valence-electron chi connectivity index (χ2n) is 3.87. The summed E-state index contributed by atoms with van der Waals surface area (Å²) >= 11 is 3.19. The summed E-state index contributed by atoms with van der Waals surface area (Å²) in [6.45, 7) is 1.74. The van der Waals surface area contributed by atoms with Crippen molar-refractivity contribution < 1.29 is 12.8 Å². The molecule has 6 nitrogen and oxygen atoms in total. The summed E-state index contributed by atoms with van der Waals surface area (Å²) in [6.07, 6.45) is 1.53. The summed E-state index contributed by atoms with van der Waals surface area (Å²) in [4.78, 5) is 4.04. The minimum atomic E-state index is -3.62. The molecule has 0 bridgehead atoms. The van der Waals surface area contributed by atoms with E-state index in [-0.39, 0.29) is 11.4 Å². The van der Waals surface area contributed by atoms with Crippen LogP contribution in [-0.4, -0.2) is 13.4 Å². The van der Waals surface area contributed by atoms with Crippen LogP contribution in [0.25, 0.3) is 0 Å². The molecule has 0 saturated heterocycles. The summed E-state index contributed by atoms with van der Waals surface area (Å²) in [5, 5.41) is 0. The van der Waals surface area contributed by atoms with Gasteiger partial charge in [-0.3, -0.25) is 0 Å². The molecule has 0 aliphatic heterocycles. The average Bonchev–Trinajstić information content (AvgIpc) is 2.76. The number of hydrogen-bond acceptors (Lipinski definition) is 5. The van der Waals surface area contributed by atoms with E-state index in [4.69, 9.17) is 10.2 Å². The van der Waals surface area contributed by atoms with Crippen LogP contribution in [0.1, 0.15) is 11.7 Å². The first-order chi connectivity index (χ1) is 8.88. The number of oxazole rings is 1. The van der Waals surface area contributed by atoms with Crippen LogP contribution in [0.4, 0.5) is 5.69 Å². The lowest BCUT2D eigenvalue weighted by molar-refractivity contribution is 0.463. The molecular formula is C11H12BrN3O3S. The van der Waals surface area contributed by atoms with Gasteiger partial charge in [-0.2, -0.15) is 0 Å². The topological polar surface area (TPSA) is 98.2 Å². The van der Waals surface area contributed by atoms with Crippen molar-refractivity contribution in [2.45, 2.75) is 18.4 Å². The predicted molar refractivity (Wildman–Crippen MR) is 73.8 cm³/mol. The highest BCUT2D eigenvalue weighted by Gasteiger charge is 2.16. The summed E-state index contributed by atoms with van der Waals surface area (Å²) in [6, 6.07) is 4.40. The van der Waals surface area contributed by atoms with Gasteiger partial charge < -0.3 is 10.2 Å². The zero-order valence-corrected chi connectivity index (χ0v) is 12.5. The van der Waals surface area contributed by atoms with E-state index in [2.05, 4.69) is 25.6 Å². The third-order valence-corrected chi connectivity index (χ3v) is 4.45. The molecule has 19 heavy (non-hydrogen) atoms. The lowest BCUT2D eigenvalue weighted by Gasteiger charge is -2.06. The summed E-state index contributed by atoms with van der Waals surface area (Å²) in [5.41, 5.74) is 6.09. The molecule has 102 valence electrons. The number of halogens is 1. The van der Waals surface area contributed by atoms with Crippen LogP contribution in [0.5, 0.6) is 0 Å². The van der Waals surface area contributed by atoms with Crippen LogP contribution in [0, 0.1) is 6.92 Å². The zero-order chi connectivity index (χ0) is 14.0. The van der Waals surface area contributed by atoms with Crippen molar-refractivity contribution >= 4 is 31.6 Å². The maximum Gasteiger partial charge on any atom is 0.241 e. The smallest absolute Gasteiger partial charge is 0.241 e. The third-order valence-electron chi connectivity index (χ3n) is 2.36. The Hall–Kier alpha value is -1.38. The molecule has 0 amide bonds.